The molecule has 1 aromatic rings. The van der Waals surface area contributed by atoms with Gasteiger partial charge in [-0.2, -0.15) is 0 Å². The number of carbonyl (C=O) groups excluding carboxylic acids is 1. The van der Waals surface area contributed by atoms with E-state index < -0.39 is 0 Å². The molecule has 1 N–H and O–H groups in total. The lowest BCUT2D eigenvalue weighted by molar-refractivity contribution is -0.123. The van der Waals surface area contributed by atoms with Gasteiger partial charge in [0.15, 0.2) is 0 Å². The van der Waals surface area contributed by atoms with Crippen LogP contribution in [0.5, 0.6) is 0 Å². The van der Waals surface area contributed by atoms with E-state index in [0.717, 1.165) is 42.9 Å². The summed E-state index contributed by atoms with van der Waals surface area (Å²) in [7, 11) is 1.83. The summed E-state index contributed by atoms with van der Waals surface area (Å²) in [6.45, 7) is 3.15. The highest BCUT2D eigenvalue weighted by Crippen LogP contribution is 2.46. The van der Waals surface area contributed by atoms with Crippen molar-refractivity contribution in [2.45, 2.75) is 44.6 Å². The number of likely N-dealkylation sites (tertiary alicyclic amines) is 1. The van der Waals surface area contributed by atoms with Gasteiger partial charge in [-0.15, -0.1) is 0 Å². The van der Waals surface area contributed by atoms with Gasteiger partial charge in [0.25, 0.3) is 0 Å². The Balaban J connectivity index is 1.44. The van der Waals surface area contributed by atoms with E-state index in [9.17, 15) is 4.79 Å². The molecule has 5 heteroatoms. The standard InChI is InChI=1S/C20H29ClN2O2/c1-25-18-7-3-9-20(18)10-4-12-23(15-20)14-19(24)22-11-8-16-5-2-6-17(21)13-16/h2,5-6,13,18H,3-4,7-12,14-15H2,1H3,(H,22,24)/t18-,20-/m1/s1. The second-order valence-electron chi connectivity index (χ2n) is 7.52. The molecule has 2 aliphatic rings. The predicted octanol–water partition coefficient (Wildman–Crippen LogP) is 3.28. The number of hydrogen-bond donors (Lipinski definition) is 1. The van der Waals surface area contributed by atoms with Crippen LogP contribution >= 0.6 is 11.6 Å². The zero-order valence-electron chi connectivity index (χ0n) is 15.1. The van der Waals surface area contributed by atoms with Gasteiger partial charge in [-0.3, -0.25) is 9.69 Å². The smallest absolute Gasteiger partial charge is 0.234 e. The Kier molecular flexibility index (Phi) is 6.37. The van der Waals surface area contributed by atoms with Gasteiger partial charge in [0, 0.05) is 30.6 Å². The van der Waals surface area contributed by atoms with Gasteiger partial charge in [0.05, 0.1) is 12.6 Å². The SMILES string of the molecule is CO[C@@H]1CCC[C@]12CCCN(CC(=O)NCCc1cccc(Cl)c1)C2. The summed E-state index contributed by atoms with van der Waals surface area (Å²) in [5, 5.41) is 3.79. The summed E-state index contributed by atoms with van der Waals surface area (Å²) in [5.74, 6) is 0.117. The fourth-order valence-corrected chi connectivity index (χ4v) is 4.85. The van der Waals surface area contributed by atoms with Gasteiger partial charge >= 0.3 is 0 Å². The molecule has 0 aromatic heterocycles. The number of halogens is 1. The zero-order chi connectivity index (χ0) is 17.7. The Morgan fingerprint density at radius 2 is 2.24 bits per heavy atom. The monoisotopic (exact) mass is 364 g/mol. The van der Waals surface area contributed by atoms with Crippen molar-refractivity contribution in [3.05, 3.63) is 34.9 Å². The predicted molar refractivity (Wildman–Crippen MR) is 101 cm³/mol. The molecule has 1 saturated heterocycles. The molecule has 0 unspecified atom stereocenters. The molecule has 3 rings (SSSR count). The topological polar surface area (TPSA) is 41.6 Å². The first-order chi connectivity index (χ1) is 12.1. The Morgan fingerprint density at radius 3 is 3.04 bits per heavy atom. The lowest BCUT2D eigenvalue weighted by atomic mass is 9.76. The highest BCUT2D eigenvalue weighted by Gasteiger charge is 2.45. The van der Waals surface area contributed by atoms with Crippen LogP contribution in [0.4, 0.5) is 0 Å². The van der Waals surface area contributed by atoms with Gasteiger partial charge in [0.2, 0.25) is 5.91 Å². The van der Waals surface area contributed by atoms with Crippen LogP contribution in [0.2, 0.25) is 5.02 Å². The van der Waals surface area contributed by atoms with Crippen molar-refractivity contribution in [3.63, 3.8) is 0 Å². The van der Waals surface area contributed by atoms with Gasteiger partial charge in [-0.1, -0.05) is 30.2 Å². The molecule has 1 heterocycles. The molecule has 1 aliphatic carbocycles. The van der Waals surface area contributed by atoms with Crippen molar-refractivity contribution in [2.24, 2.45) is 5.41 Å². The van der Waals surface area contributed by atoms with Crippen molar-refractivity contribution < 1.29 is 9.53 Å². The van der Waals surface area contributed by atoms with Gasteiger partial charge in [-0.25, -0.2) is 0 Å². The van der Waals surface area contributed by atoms with E-state index in [0.29, 0.717) is 19.2 Å². The van der Waals surface area contributed by atoms with Crippen molar-refractivity contribution in [1.82, 2.24) is 10.2 Å². The van der Waals surface area contributed by atoms with Crippen molar-refractivity contribution in [2.75, 3.05) is 33.3 Å². The third-order valence-electron chi connectivity index (χ3n) is 5.79. The molecule has 4 nitrogen and oxygen atoms in total. The minimum Gasteiger partial charge on any atom is -0.381 e. The number of ether oxygens (including phenoxy) is 1. The maximum Gasteiger partial charge on any atom is 0.234 e. The van der Waals surface area contributed by atoms with E-state index in [1.54, 1.807) is 0 Å². The maximum atomic E-state index is 12.3. The molecule has 1 saturated carbocycles. The molecule has 2 fully saturated rings. The molecule has 0 radical (unpaired) electrons. The van der Waals surface area contributed by atoms with Crippen molar-refractivity contribution in [1.29, 1.82) is 0 Å². The molecule has 0 bridgehead atoms. The highest BCUT2D eigenvalue weighted by molar-refractivity contribution is 6.30. The van der Waals surface area contributed by atoms with E-state index in [4.69, 9.17) is 16.3 Å². The summed E-state index contributed by atoms with van der Waals surface area (Å²) in [5.41, 5.74) is 1.42. The summed E-state index contributed by atoms with van der Waals surface area (Å²) in [6.07, 6.45) is 7.21. The molecule has 138 valence electrons. The number of nitrogens with zero attached hydrogens (tertiary/aromatic N) is 1. The number of piperidine rings is 1. The number of nitrogens with one attached hydrogen (secondary N) is 1. The van der Waals surface area contributed by atoms with Gasteiger partial charge in [-0.05, 0) is 56.3 Å². The third-order valence-corrected chi connectivity index (χ3v) is 6.02. The van der Waals surface area contributed by atoms with Gasteiger partial charge < -0.3 is 10.1 Å². The number of rotatable bonds is 6. The Labute approximate surface area is 155 Å². The molecular weight excluding hydrogens is 336 g/mol. The van der Waals surface area contributed by atoms with Gasteiger partial charge in [0.1, 0.15) is 0 Å². The molecular formula is C20H29ClN2O2. The van der Waals surface area contributed by atoms with E-state index in [1.165, 1.54) is 19.3 Å². The normalized spacial score (nSPS) is 26.9. The van der Waals surface area contributed by atoms with Crippen LogP contribution in [0.3, 0.4) is 0 Å². The maximum absolute atomic E-state index is 12.3. The molecule has 1 spiro atoms. The Bertz CT molecular complexity index is 595. The summed E-state index contributed by atoms with van der Waals surface area (Å²) < 4.78 is 5.74. The van der Waals surface area contributed by atoms with Crippen molar-refractivity contribution in [3.8, 4) is 0 Å². The zero-order valence-corrected chi connectivity index (χ0v) is 15.9. The van der Waals surface area contributed by atoms with E-state index in [-0.39, 0.29) is 11.3 Å². The lowest BCUT2D eigenvalue weighted by Gasteiger charge is -2.43. The highest BCUT2D eigenvalue weighted by atomic mass is 35.5. The van der Waals surface area contributed by atoms with Crippen LogP contribution in [0.15, 0.2) is 24.3 Å². The first kappa shape index (κ1) is 18.7. The number of hydrogen-bond acceptors (Lipinski definition) is 3. The molecule has 1 aromatic carbocycles. The second-order valence-corrected chi connectivity index (χ2v) is 7.96. The second kappa shape index (κ2) is 8.52. The number of benzene rings is 1. The number of methoxy groups -OCH3 is 1. The van der Waals surface area contributed by atoms with Crippen LogP contribution in [0.25, 0.3) is 0 Å². The van der Waals surface area contributed by atoms with Crippen LogP contribution in [-0.2, 0) is 16.0 Å². The molecule has 2 atom stereocenters. The van der Waals surface area contributed by atoms with Crippen molar-refractivity contribution >= 4 is 17.5 Å². The van der Waals surface area contributed by atoms with Crippen LogP contribution in [0.1, 0.15) is 37.7 Å². The summed E-state index contributed by atoms with van der Waals surface area (Å²) in [6, 6.07) is 7.80. The minimum atomic E-state index is 0.117. The Hall–Kier alpha value is -1.10. The average Bonchev–Trinajstić information content (AvgIpc) is 2.96. The third kappa shape index (κ3) is 4.75. The summed E-state index contributed by atoms with van der Waals surface area (Å²) >= 11 is 5.99. The van der Waals surface area contributed by atoms with Crippen LogP contribution < -0.4 is 5.32 Å². The lowest BCUT2D eigenvalue weighted by Crippen LogP contribution is -2.50. The largest absolute Gasteiger partial charge is 0.381 e. The summed E-state index contributed by atoms with van der Waals surface area (Å²) in [4.78, 5) is 14.6. The minimum absolute atomic E-state index is 0.117. The van der Waals surface area contributed by atoms with E-state index in [1.807, 2.05) is 31.4 Å². The average molecular weight is 365 g/mol. The molecule has 1 aliphatic heterocycles. The fraction of sp³-hybridized carbons (Fsp3) is 0.650. The first-order valence-electron chi connectivity index (χ1n) is 9.38. The fourth-order valence-electron chi connectivity index (χ4n) is 4.63. The number of carbonyl (C=O) groups is 1. The first-order valence-corrected chi connectivity index (χ1v) is 9.75. The van der Waals surface area contributed by atoms with E-state index in [2.05, 4.69) is 10.2 Å². The Morgan fingerprint density at radius 1 is 1.40 bits per heavy atom. The number of amides is 1. The van der Waals surface area contributed by atoms with Crippen LogP contribution in [0, 0.1) is 5.41 Å². The quantitative estimate of drug-likeness (QED) is 0.842. The van der Waals surface area contributed by atoms with E-state index >= 15 is 0 Å². The molecule has 1 amide bonds. The van der Waals surface area contributed by atoms with Crippen LogP contribution in [-0.4, -0.2) is 50.2 Å². The molecule has 25 heavy (non-hydrogen) atoms.